The third-order valence-electron chi connectivity index (χ3n) is 2.68. The predicted molar refractivity (Wildman–Crippen MR) is 75.5 cm³/mol. The van der Waals surface area contributed by atoms with Gasteiger partial charge in [0.15, 0.2) is 0 Å². The molecule has 0 aliphatic carbocycles. The molecule has 0 amide bonds. The molecule has 0 spiro atoms. The van der Waals surface area contributed by atoms with Gasteiger partial charge in [0.1, 0.15) is 0 Å². The number of thiophene rings is 2. The summed E-state index contributed by atoms with van der Waals surface area (Å²) >= 11 is 3.64. The first kappa shape index (κ1) is 11.7. The van der Waals surface area contributed by atoms with Crippen LogP contribution in [-0.2, 0) is 6.42 Å². The fourth-order valence-electron chi connectivity index (χ4n) is 1.81. The average Bonchev–Trinajstić information content (AvgIpc) is 2.81. The normalized spacial score (nSPS) is 10.8. The Bertz CT molecular complexity index is 465. The van der Waals surface area contributed by atoms with Crippen molar-refractivity contribution in [3.8, 4) is 12.3 Å². The number of fused-ring (bicyclic) bond motifs is 1. The van der Waals surface area contributed by atoms with Crippen LogP contribution in [0.15, 0.2) is 12.1 Å². The van der Waals surface area contributed by atoms with Crippen molar-refractivity contribution < 1.29 is 0 Å². The van der Waals surface area contributed by atoms with Gasteiger partial charge in [-0.1, -0.05) is 32.1 Å². The standard InChI is InChI=1S/C14H16S2/c1-3-5-6-7-8-12-10-14-13(16-12)9-11(4-2)15-14/h2,9-10H,3,5-8H2,1H3. The molecule has 2 heterocycles. The first-order valence-electron chi connectivity index (χ1n) is 5.82. The lowest BCUT2D eigenvalue weighted by Crippen LogP contribution is -1.80. The fourth-order valence-corrected chi connectivity index (χ4v) is 4.08. The maximum atomic E-state index is 5.39. The van der Waals surface area contributed by atoms with Gasteiger partial charge >= 0.3 is 0 Å². The quantitative estimate of drug-likeness (QED) is 0.512. The fraction of sp³-hybridized carbons (Fsp3) is 0.429. The summed E-state index contributed by atoms with van der Waals surface area (Å²) in [6.07, 6.45) is 12.0. The van der Waals surface area contributed by atoms with Gasteiger partial charge < -0.3 is 0 Å². The summed E-state index contributed by atoms with van der Waals surface area (Å²) in [5.41, 5.74) is 0. The van der Waals surface area contributed by atoms with Crippen molar-refractivity contribution in [1.82, 2.24) is 0 Å². The van der Waals surface area contributed by atoms with Gasteiger partial charge in [0.05, 0.1) is 4.88 Å². The highest BCUT2D eigenvalue weighted by Crippen LogP contribution is 2.33. The Morgan fingerprint density at radius 2 is 1.94 bits per heavy atom. The van der Waals surface area contributed by atoms with Gasteiger partial charge in [-0.15, -0.1) is 29.1 Å². The molecule has 2 aromatic rings. The molecule has 0 aromatic carbocycles. The molecule has 0 saturated carbocycles. The molecule has 2 rings (SSSR count). The van der Waals surface area contributed by atoms with E-state index < -0.39 is 0 Å². The van der Waals surface area contributed by atoms with Crippen molar-refractivity contribution in [2.24, 2.45) is 0 Å². The summed E-state index contributed by atoms with van der Waals surface area (Å²) in [5.74, 6) is 2.71. The summed E-state index contributed by atoms with van der Waals surface area (Å²) in [4.78, 5) is 2.57. The molecule has 0 nitrogen and oxygen atoms in total. The number of terminal acetylenes is 1. The van der Waals surface area contributed by atoms with Gasteiger partial charge in [-0.3, -0.25) is 0 Å². The van der Waals surface area contributed by atoms with E-state index in [0.29, 0.717) is 0 Å². The minimum absolute atomic E-state index is 1.05. The molecule has 2 aromatic heterocycles. The monoisotopic (exact) mass is 248 g/mol. The minimum Gasteiger partial charge on any atom is -0.139 e. The van der Waals surface area contributed by atoms with E-state index in [-0.39, 0.29) is 0 Å². The highest BCUT2D eigenvalue weighted by molar-refractivity contribution is 7.28. The smallest absolute Gasteiger partial charge is 0.0786 e. The van der Waals surface area contributed by atoms with E-state index in [1.165, 1.54) is 46.4 Å². The maximum Gasteiger partial charge on any atom is 0.0786 e. The Morgan fingerprint density at radius 1 is 1.12 bits per heavy atom. The Balaban J connectivity index is 1.98. The van der Waals surface area contributed by atoms with Gasteiger partial charge in [-0.05, 0) is 25.0 Å². The van der Waals surface area contributed by atoms with Gasteiger partial charge in [-0.25, -0.2) is 0 Å². The van der Waals surface area contributed by atoms with Gasteiger partial charge in [0.25, 0.3) is 0 Å². The summed E-state index contributed by atoms with van der Waals surface area (Å²) in [7, 11) is 0. The summed E-state index contributed by atoms with van der Waals surface area (Å²) in [6, 6.07) is 4.46. The van der Waals surface area contributed by atoms with Gasteiger partial charge in [-0.2, -0.15) is 0 Å². The largest absolute Gasteiger partial charge is 0.139 e. The number of hydrogen-bond acceptors (Lipinski definition) is 2. The Kier molecular flexibility index (Phi) is 4.04. The van der Waals surface area contributed by atoms with Crippen molar-refractivity contribution in [3.05, 3.63) is 21.9 Å². The number of aryl methyl sites for hydroxylation is 1. The van der Waals surface area contributed by atoms with Crippen LogP contribution in [0.3, 0.4) is 0 Å². The zero-order valence-electron chi connectivity index (χ0n) is 9.58. The zero-order chi connectivity index (χ0) is 11.4. The highest BCUT2D eigenvalue weighted by atomic mass is 32.1. The summed E-state index contributed by atoms with van der Waals surface area (Å²) in [5, 5.41) is 0. The maximum absolute atomic E-state index is 5.39. The van der Waals surface area contributed by atoms with E-state index in [1.54, 1.807) is 11.3 Å². The SMILES string of the molecule is C#Cc1cc2sc(CCCCCC)cc2s1. The number of hydrogen-bond donors (Lipinski definition) is 0. The van der Waals surface area contributed by atoms with Crippen LogP contribution in [0, 0.1) is 12.3 Å². The van der Waals surface area contributed by atoms with E-state index in [0.717, 1.165) is 4.88 Å². The molecule has 0 aliphatic heterocycles. The van der Waals surface area contributed by atoms with E-state index >= 15 is 0 Å². The van der Waals surface area contributed by atoms with Crippen molar-refractivity contribution in [1.29, 1.82) is 0 Å². The lowest BCUT2D eigenvalue weighted by atomic mass is 10.1. The summed E-state index contributed by atoms with van der Waals surface area (Å²) < 4.78 is 2.73. The number of unbranched alkanes of at least 4 members (excludes halogenated alkanes) is 3. The molecule has 16 heavy (non-hydrogen) atoms. The molecule has 0 radical (unpaired) electrons. The van der Waals surface area contributed by atoms with Crippen LogP contribution < -0.4 is 0 Å². The lowest BCUT2D eigenvalue weighted by molar-refractivity contribution is 0.670. The predicted octanol–water partition coefficient (Wildman–Crippen LogP) is 5.07. The van der Waals surface area contributed by atoms with Crippen LogP contribution in [0.25, 0.3) is 9.40 Å². The molecule has 0 aliphatic rings. The second-order valence-electron chi connectivity index (χ2n) is 4.01. The first-order valence-corrected chi connectivity index (χ1v) is 7.45. The van der Waals surface area contributed by atoms with Gasteiger partial charge in [0, 0.05) is 14.3 Å². The van der Waals surface area contributed by atoms with Crippen LogP contribution in [0.2, 0.25) is 0 Å². The zero-order valence-corrected chi connectivity index (χ0v) is 11.2. The minimum atomic E-state index is 1.05. The Hall–Kier alpha value is -0.780. The van der Waals surface area contributed by atoms with E-state index in [2.05, 4.69) is 25.0 Å². The Labute approximate surface area is 105 Å². The lowest BCUT2D eigenvalue weighted by Gasteiger charge is -1.96. The molecule has 2 heteroatoms. The number of rotatable bonds is 5. The van der Waals surface area contributed by atoms with E-state index in [4.69, 9.17) is 6.42 Å². The first-order chi connectivity index (χ1) is 7.83. The van der Waals surface area contributed by atoms with Crippen LogP contribution in [0.1, 0.15) is 42.4 Å². The second-order valence-corrected chi connectivity index (χ2v) is 6.26. The molecule has 0 saturated heterocycles. The van der Waals surface area contributed by atoms with Crippen molar-refractivity contribution in [2.75, 3.05) is 0 Å². The molecule has 0 fully saturated rings. The second kappa shape index (κ2) is 5.52. The molecule has 0 unspecified atom stereocenters. The van der Waals surface area contributed by atoms with Crippen LogP contribution in [0.4, 0.5) is 0 Å². The third kappa shape index (κ3) is 2.66. The van der Waals surface area contributed by atoms with Crippen LogP contribution in [0.5, 0.6) is 0 Å². The molecule has 0 bridgehead atoms. The molecular formula is C14H16S2. The van der Waals surface area contributed by atoms with Gasteiger partial charge in [0.2, 0.25) is 0 Å². The molecule has 0 atom stereocenters. The van der Waals surface area contributed by atoms with Crippen molar-refractivity contribution in [3.63, 3.8) is 0 Å². The van der Waals surface area contributed by atoms with Crippen LogP contribution >= 0.6 is 22.7 Å². The third-order valence-corrected chi connectivity index (χ3v) is 4.96. The molecule has 0 N–H and O–H groups in total. The highest BCUT2D eigenvalue weighted by Gasteiger charge is 2.05. The Morgan fingerprint density at radius 3 is 2.62 bits per heavy atom. The van der Waals surface area contributed by atoms with Crippen molar-refractivity contribution >= 4 is 32.1 Å². The van der Waals surface area contributed by atoms with Crippen molar-refractivity contribution in [2.45, 2.75) is 39.0 Å². The average molecular weight is 248 g/mol. The van der Waals surface area contributed by atoms with Crippen LogP contribution in [-0.4, -0.2) is 0 Å². The molecular weight excluding hydrogens is 232 g/mol. The van der Waals surface area contributed by atoms with E-state index in [1.807, 2.05) is 11.3 Å². The topological polar surface area (TPSA) is 0 Å². The molecule has 84 valence electrons. The van der Waals surface area contributed by atoms with E-state index in [9.17, 15) is 0 Å². The summed E-state index contributed by atoms with van der Waals surface area (Å²) in [6.45, 7) is 2.25.